The van der Waals surface area contributed by atoms with Crippen LogP contribution in [0.25, 0.3) is 11.1 Å². The minimum atomic E-state index is -0.454. The van der Waals surface area contributed by atoms with Gasteiger partial charge in [-0.25, -0.2) is 4.79 Å². The largest absolute Gasteiger partial charge is 0.459 e. The summed E-state index contributed by atoms with van der Waals surface area (Å²) in [6, 6.07) is 6.08. The van der Waals surface area contributed by atoms with Gasteiger partial charge in [-0.05, 0) is 43.4 Å². The molecule has 2 N–H and O–H groups in total. The summed E-state index contributed by atoms with van der Waals surface area (Å²) in [4.78, 5) is 22.9. The van der Waals surface area contributed by atoms with Crippen molar-refractivity contribution in [1.29, 1.82) is 0 Å². The molecule has 1 aliphatic rings. The first-order valence-corrected chi connectivity index (χ1v) is 8.77. The normalized spacial score (nSPS) is 15.2. The number of nitro benzene ring substituents is 1. The molecule has 3 rings (SSSR count). The number of nitrogens with two attached hydrogens (primary N) is 1. The molecule has 1 aromatic heterocycles. The Morgan fingerprint density at radius 3 is 2.50 bits per heavy atom. The van der Waals surface area contributed by atoms with E-state index in [9.17, 15) is 14.9 Å². The molecule has 2 aromatic rings. The molecule has 0 saturated heterocycles. The smallest absolute Gasteiger partial charge is 0.342 e. The van der Waals surface area contributed by atoms with E-state index in [1.54, 1.807) is 17.5 Å². The molecule has 126 valence electrons. The van der Waals surface area contributed by atoms with Gasteiger partial charge < -0.3 is 10.5 Å². The Kier molecular flexibility index (Phi) is 4.80. The number of nitrogen functional groups attached to an aromatic ring is 1. The SMILES string of the molecule is Nc1scc(-c2ccc([N+](=O)[O-])cc2)c1C(=O)OC1CCCCC1. The summed E-state index contributed by atoms with van der Waals surface area (Å²) >= 11 is 1.27. The van der Waals surface area contributed by atoms with Crippen LogP contribution in [0, 0.1) is 10.1 Å². The average molecular weight is 346 g/mol. The quantitative estimate of drug-likeness (QED) is 0.503. The lowest BCUT2D eigenvalue weighted by molar-refractivity contribution is -0.384. The molecule has 1 aromatic carbocycles. The number of rotatable bonds is 4. The summed E-state index contributed by atoms with van der Waals surface area (Å²) in [6.07, 6.45) is 5.07. The van der Waals surface area contributed by atoms with Crippen LogP contribution >= 0.6 is 11.3 Å². The summed E-state index contributed by atoms with van der Waals surface area (Å²) < 4.78 is 5.62. The van der Waals surface area contributed by atoms with Crippen molar-refractivity contribution >= 4 is 28.0 Å². The number of carbonyl (C=O) groups is 1. The molecule has 0 unspecified atom stereocenters. The number of esters is 1. The number of hydrogen-bond acceptors (Lipinski definition) is 6. The second-order valence-corrected chi connectivity index (χ2v) is 6.77. The number of carbonyl (C=O) groups excluding carboxylic acids is 1. The highest BCUT2D eigenvalue weighted by Gasteiger charge is 2.24. The van der Waals surface area contributed by atoms with Crippen LogP contribution in [0.3, 0.4) is 0 Å². The van der Waals surface area contributed by atoms with Crippen LogP contribution < -0.4 is 5.73 Å². The van der Waals surface area contributed by atoms with Gasteiger partial charge in [-0.3, -0.25) is 10.1 Å². The van der Waals surface area contributed by atoms with Crippen LogP contribution in [0.15, 0.2) is 29.6 Å². The van der Waals surface area contributed by atoms with Crippen LogP contribution in [0.4, 0.5) is 10.7 Å². The number of anilines is 1. The minimum absolute atomic E-state index is 0.00767. The fraction of sp³-hybridized carbons (Fsp3) is 0.353. The molecule has 0 atom stereocenters. The van der Waals surface area contributed by atoms with Gasteiger partial charge in [0, 0.05) is 23.1 Å². The third kappa shape index (κ3) is 3.41. The molecule has 0 bridgehead atoms. The standard InChI is InChI=1S/C17H18N2O4S/c18-16-15(17(20)23-13-4-2-1-3-5-13)14(10-24-16)11-6-8-12(9-7-11)19(21)22/h6-10,13H,1-5,18H2. The van der Waals surface area contributed by atoms with Gasteiger partial charge >= 0.3 is 5.97 Å². The first-order chi connectivity index (χ1) is 11.6. The van der Waals surface area contributed by atoms with Gasteiger partial charge in [-0.15, -0.1) is 11.3 Å². The van der Waals surface area contributed by atoms with E-state index in [1.807, 2.05) is 0 Å². The third-order valence-electron chi connectivity index (χ3n) is 4.24. The van der Waals surface area contributed by atoms with Crippen LogP contribution in [0.1, 0.15) is 42.5 Å². The molecule has 24 heavy (non-hydrogen) atoms. The fourth-order valence-corrected chi connectivity index (χ4v) is 3.76. The second-order valence-electron chi connectivity index (χ2n) is 5.86. The number of nitro groups is 1. The van der Waals surface area contributed by atoms with E-state index in [0.717, 1.165) is 25.7 Å². The van der Waals surface area contributed by atoms with Crippen molar-refractivity contribution in [2.45, 2.75) is 38.2 Å². The first kappa shape index (κ1) is 16.4. The van der Waals surface area contributed by atoms with Crippen LogP contribution in [-0.4, -0.2) is 17.0 Å². The highest BCUT2D eigenvalue weighted by molar-refractivity contribution is 7.14. The van der Waals surface area contributed by atoms with E-state index >= 15 is 0 Å². The molecule has 1 fully saturated rings. The molecule has 0 amide bonds. The molecular formula is C17H18N2O4S. The highest BCUT2D eigenvalue weighted by Crippen LogP contribution is 2.35. The lowest BCUT2D eigenvalue weighted by Gasteiger charge is -2.22. The van der Waals surface area contributed by atoms with E-state index in [1.165, 1.54) is 29.9 Å². The molecule has 6 nitrogen and oxygen atoms in total. The summed E-state index contributed by atoms with van der Waals surface area (Å²) in [5.41, 5.74) is 7.71. The van der Waals surface area contributed by atoms with Crippen molar-refractivity contribution in [3.63, 3.8) is 0 Å². The molecule has 0 aliphatic heterocycles. The van der Waals surface area contributed by atoms with E-state index in [2.05, 4.69) is 0 Å². The van der Waals surface area contributed by atoms with Gasteiger partial charge in [0.1, 0.15) is 16.7 Å². The topological polar surface area (TPSA) is 95.5 Å². The van der Waals surface area contributed by atoms with E-state index in [0.29, 0.717) is 21.7 Å². The predicted octanol–water partition coefficient (Wildman–Crippen LogP) is 4.40. The summed E-state index contributed by atoms with van der Waals surface area (Å²) in [7, 11) is 0. The number of non-ortho nitro benzene ring substituents is 1. The van der Waals surface area contributed by atoms with Gasteiger partial charge in [0.2, 0.25) is 0 Å². The van der Waals surface area contributed by atoms with Crippen LogP contribution in [-0.2, 0) is 4.74 Å². The number of thiophene rings is 1. The number of hydrogen-bond donors (Lipinski definition) is 1. The van der Waals surface area contributed by atoms with Gasteiger partial charge in [0.15, 0.2) is 0 Å². The average Bonchev–Trinajstić information content (AvgIpc) is 2.97. The zero-order chi connectivity index (χ0) is 17.1. The zero-order valence-electron chi connectivity index (χ0n) is 13.1. The van der Waals surface area contributed by atoms with Crippen molar-refractivity contribution in [2.75, 3.05) is 5.73 Å². The molecule has 0 radical (unpaired) electrons. The van der Waals surface area contributed by atoms with Crippen molar-refractivity contribution in [3.8, 4) is 11.1 Å². The Hall–Kier alpha value is -2.41. The van der Waals surface area contributed by atoms with E-state index < -0.39 is 10.9 Å². The van der Waals surface area contributed by atoms with Gasteiger partial charge in [-0.2, -0.15) is 0 Å². The number of ether oxygens (including phenoxy) is 1. The van der Waals surface area contributed by atoms with Gasteiger partial charge in [0.25, 0.3) is 5.69 Å². The van der Waals surface area contributed by atoms with E-state index in [-0.39, 0.29) is 11.8 Å². The molecule has 1 aliphatic carbocycles. The maximum Gasteiger partial charge on any atom is 0.342 e. The summed E-state index contributed by atoms with van der Waals surface area (Å²) in [6.45, 7) is 0. The number of benzene rings is 1. The monoisotopic (exact) mass is 346 g/mol. The first-order valence-electron chi connectivity index (χ1n) is 7.89. The Morgan fingerprint density at radius 1 is 1.21 bits per heavy atom. The van der Waals surface area contributed by atoms with Gasteiger partial charge in [0.05, 0.1) is 4.92 Å². The van der Waals surface area contributed by atoms with E-state index in [4.69, 9.17) is 10.5 Å². The van der Waals surface area contributed by atoms with Gasteiger partial charge in [-0.1, -0.05) is 6.42 Å². The Labute approximate surface area is 143 Å². The molecule has 7 heteroatoms. The molecule has 0 spiro atoms. The molecular weight excluding hydrogens is 328 g/mol. The maximum absolute atomic E-state index is 12.6. The second kappa shape index (κ2) is 7.00. The van der Waals surface area contributed by atoms with Crippen molar-refractivity contribution in [1.82, 2.24) is 0 Å². The lowest BCUT2D eigenvalue weighted by atomic mass is 9.97. The van der Waals surface area contributed by atoms with Crippen LogP contribution in [0.2, 0.25) is 0 Å². The zero-order valence-corrected chi connectivity index (χ0v) is 13.9. The Bertz CT molecular complexity index is 748. The fourth-order valence-electron chi connectivity index (χ4n) is 2.95. The molecule has 1 heterocycles. The van der Waals surface area contributed by atoms with Crippen molar-refractivity contribution in [2.24, 2.45) is 0 Å². The highest BCUT2D eigenvalue weighted by atomic mass is 32.1. The van der Waals surface area contributed by atoms with Crippen LogP contribution in [0.5, 0.6) is 0 Å². The lowest BCUT2D eigenvalue weighted by Crippen LogP contribution is -2.21. The maximum atomic E-state index is 12.6. The summed E-state index contributed by atoms with van der Waals surface area (Å²) in [5.74, 6) is -0.408. The van der Waals surface area contributed by atoms with Crippen molar-refractivity contribution in [3.05, 3.63) is 45.3 Å². The molecule has 1 saturated carbocycles. The Morgan fingerprint density at radius 2 is 1.88 bits per heavy atom. The van der Waals surface area contributed by atoms with Crippen molar-refractivity contribution < 1.29 is 14.5 Å². The number of nitrogens with zero attached hydrogens (tertiary/aromatic N) is 1. The summed E-state index contributed by atoms with van der Waals surface area (Å²) in [5, 5.41) is 13.0. The Balaban J connectivity index is 1.85. The predicted molar refractivity (Wildman–Crippen MR) is 93.1 cm³/mol. The minimum Gasteiger partial charge on any atom is -0.459 e. The third-order valence-corrected chi connectivity index (χ3v) is 5.05.